The number of fused-ring (bicyclic) bond motifs is 1. The molecule has 0 unspecified atom stereocenters. The van der Waals surface area contributed by atoms with E-state index in [-0.39, 0.29) is 5.75 Å². The summed E-state index contributed by atoms with van der Waals surface area (Å²) in [6, 6.07) is 7.62. The summed E-state index contributed by atoms with van der Waals surface area (Å²) in [6.07, 6.45) is 0. The number of alkyl halides is 2. The molecule has 0 N–H and O–H groups in total. The van der Waals surface area contributed by atoms with Gasteiger partial charge in [-0.3, -0.25) is 4.68 Å². The molecule has 0 spiro atoms. The summed E-state index contributed by atoms with van der Waals surface area (Å²) in [7, 11) is 3.03. The number of aryl methyl sites for hydroxylation is 2. The van der Waals surface area contributed by atoms with E-state index in [9.17, 15) is 13.6 Å². The number of methoxy groups -OCH3 is 1. The third kappa shape index (κ3) is 3.15. The van der Waals surface area contributed by atoms with E-state index in [2.05, 4.69) is 14.8 Å². The second kappa shape index (κ2) is 6.46. The highest BCUT2D eigenvalue weighted by Crippen LogP contribution is 2.28. The third-order valence-corrected chi connectivity index (χ3v) is 3.75. The van der Waals surface area contributed by atoms with Crippen molar-refractivity contribution in [2.75, 3.05) is 7.11 Å². The SMILES string of the molecule is COC(=O)c1cc(-c2ccc(OC(F)F)cc2)nc2c1c(C)nn2C. The summed E-state index contributed by atoms with van der Waals surface area (Å²) in [5.41, 5.74) is 2.69. The van der Waals surface area contributed by atoms with Crippen LogP contribution in [0.15, 0.2) is 30.3 Å². The van der Waals surface area contributed by atoms with Crippen LogP contribution < -0.4 is 4.74 Å². The first kappa shape index (κ1) is 16.8. The van der Waals surface area contributed by atoms with Crippen molar-refractivity contribution in [3.8, 4) is 17.0 Å². The Bertz CT molecular complexity index is 936. The van der Waals surface area contributed by atoms with Gasteiger partial charge in [-0.25, -0.2) is 9.78 Å². The van der Waals surface area contributed by atoms with Crippen molar-refractivity contribution >= 4 is 17.0 Å². The molecule has 0 saturated carbocycles. The minimum atomic E-state index is -2.89. The zero-order chi connectivity index (χ0) is 18.1. The average molecular weight is 347 g/mol. The van der Waals surface area contributed by atoms with Crippen LogP contribution in [-0.4, -0.2) is 34.5 Å². The van der Waals surface area contributed by atoms with Crippen LogP contribution in [0, 0.1) is 6.92 Å². The van der Waals surface area contributed by atoms with E-state index < -0.39 is 12.6 Å². The number of pyridine rings is 1. The second-order valence-electron chi connectivity index (χ2n) is 5.36. The smallest absolute Gasteiger partial charge is 0.387 e. The minimum absolute atomic E-state index is 0.0457. The molecule has 0 aliphatic heterocycles. The summed E-state index contributed by atoms with van der Waals surface area (Å²) in [5.74, 6) is -0.452. The number of nitrogens with zero attached hydrogens (tertiary/aromatic N) is 3. The van der Waals surface area contributed by atoms with E-state index in [4.69, 9.17) is 4.74 Å². The lowest BCUT2D eigenvalue weighted by atomic mass is 10.1. The Morgan fingerprint density at radius 3 is 2.52 bits per heavy atom. The number of rotatable bonds is 4. The maximum atomic E-state index is 12.3. The first-order valence-corrected chi connectivity index (χ1v) is 7.38. The molecule has 0 aliphatic rings. The number of hydrogen-bond donors (Lipinski definition) is 0. The van der Waals surface area contributed by atoms with Crippen LogP contribution in [0.1, 0.15) is 16.1 Å². The van der Waals surface area contributed by atoms with E-state index in [1.807, 2.05) is 0 Å². The normalized spacial score (nSPS) is 11.1. The average Bonchev–Trinajstić information content (AvgIpc) is 2.88. The van der Waals surface area contributed by atoms with Crippen molar-refractivity contribution in [2.24, 2.45) is 7.05 Å². The second-order valence-corrected chi connectivity index (χ2v) is 5.36. The number of aromatic nitrogens is 3. The predicted molar refractivity (Wildman–Crippen MR) is 86.7 cm³/mol. The number of benzene rings is 1. The molecule has 0 atom stereocenters. The van der Waals surface area contributed by atoms with Gasteiger partial charge in [-0.15, -0.1) is 0 Å². The van der Waals surface area contributed by atoms with Crippen molar-refractivity contribution < 1.29 is 23.0 Å². The van der Waals surface area contributed by atoms with Crippen molar-refractivity contribution in [1.29, 1.82) is 0 Å². The van der Waals surface area contributed by atoms with E-state index in [0.29, 0.717) is 33.5 Å². The van der Waals surface area contributed by atoms with Crippen LogP contribution in [0.5, 0.6) is 5.75 Å². The maximum Gasteiger partial charge on any atom is 0.387 e. The highest BCUT2D eigenvalue weighted by molar-refractivity contribution is 6.04. The Kier molecular flexibility index (Phi) is 4.35. The lowest BCUT2D eigenvalue weighted by Gasteiger charge is -2.08. The fourth-order valence-electron chi connectivity index (χ4n) is 2.67. The van der Waals surface area contributed by atoms with Gasteiger partial charge in [-0.1, -0.05) is 0 Å². The largest absolute Gasteiger partial charge is 0.465 e. The van der Waals surface area contributed by atoms with Gasteiger partial charge in [-0.2, -0.15) is 13.9 Å². The molecular weight excluding hydrogens is 332 g/mol. The van der Waals surface area contributed by atoms with Gasteiger partial charge >= 0.3 is 12.6 Å². The van der Waals surface area contributed by atoms with Crippen LogP contribution in [0.4, 0.5) is 8.78 Å². The fourth-order valence-corrected chi connectivity index (χ4v) is 2.67. The standard InChI is InChI=1S/C17H15F2N3O3/c1-9-14-12(16(23)24-3)8-13(20-15(14)22(2)21-9)10-4-6-11(7-5-10)25-17(18)19/h4-8,17H,1-3H3. The van der Waals surface area contributed by atoms with Gasteiger partial charge in [0.25, 0.3) is 0 Å². The number of halogens is 2. The summed E-state index contributed by atoms with van der Waals surface area (Å²) < 4.78 is 35.3. The lowest BCUT2D eigenvalue weighted by molar-refractivity contribution is -0.0498. The first-order valence-electron chi connectivity index (χ1n) is 7.38. The molecule has 1 aromatic carbocycles. The molecule has 130 valence electrons. The molecule has 0 saturated heterocycles. The van der Waals surface area contributed by atoms with Crippen LogP contribution in [0.25, 0.3) is 22.3 Å². The van der Waals surface area contributed by atoms with Crippen LogP contribution in [-0.2, 0) is 11.8 Å². The molecule has 2 aromatic heterocycles. The van der Waals surface area contributed by atoms with Gasteiger partial charge in [0.05, 0.1) is 29.4 Å². The van der Waals surface area contributed by atoms with Crippen LogP contribution in [0.3, 0.4) is 0 Å². The third-order valence-electron chi connectivity index (χ3n) is 3.75. The highest BCUT2D eigenvalue weighted by atomic mass is 19.3. The first-order chi connectivity index (χ1) is 11.9. The highest BCUT2D eigenvalue weighted by Gasteiger charge is 2.19. The van der Waals surface area contributed by atoms with E-state index in [1.165, 1.54) is 19.2 Å². The van der Waals surface area contributed by atoms with E-state index >= 15 is 0 Å². The van der Waals surface area contributed by atoms with Crippen molar-refractivity contribution in [3.63, 3.8) is 0 Å². The van der Waals surface area contributed by atoms with Gasteiger partial charge in [-0.05, 0) is 37.3 Å². The van der Waals surface area contributed by atoms with Gasteiger partial charge in [0, 0.05) is 12.6 Å². The van der Waals surface area contributed by atoms with Gasteiger partial charge < -0.3 is 9.47 Å². The molecule has 0 aliphatic carbocycles. The Labute approximate surface area is 142 Å². The Balaban J connectivity index is 2.13. The number of esters is 1. The molecule has 3 rings (SSSR count). The quantitative estimate of drug-likeness (QED) is 0.677. The Morgan fingerprint density at radius 1 is 1.24 bits per heavy atom. The van der Waals surface area contributed by atoms with E-state index in [0.717, 1.165) is 0 Å². The van der Waals surface area contributed by atoms with Crippen molar-refractivity contribution in [2.45, 2.75) is 13.5 Å². The molecule has 25 heavy (non-hydrogen) atoms. The van der Waals surface area contributed by atoms with E-state index in [1.54, 1.807) is 36.9 Å². The molecular formula is C17H15F2N3O3. The summed E-state index contributed by atoms with van der Waals surface area (Å²) >= 11 is 0. The zero-order valence-electron chi connectivity index (χ0n) is 13.8. The predicted octanol–water partition coefficient (Wildman–Crippen LogP) is 3.33. The number of hydrogen-bond acceptors (Lipinski definition) is 5. The molecule has 6 nitrogen and oxygen atoms in total. The number of carbonyl (C=O) groups excluding carboxylic acids is 1. The number of carbonyl (C=O) groups is 1. The van der Waals surface area contributed by atoms with Gasteiger partial charge in [0.2, 0.25) is 0 Å². The minimum Gasteiger partial charge on any atom is -0.465 e. The Morgan fingerprint density at radius 2 is 1.92 bits per heavy atom. The molecule has 0 radical (unpaired) electrons. The maximum absolute atomic E-state index is 12.3. The monoisotopic (exact) mass is 347 g/mol. The molecule has 2 heterocycles. The molecule has 0 fully saturated rings. The molecule has 8 heteroatoms. The topological polar surface area (TPSA) is 66.2 Å². The van der Waals surface area contributed by atoms with Crippen molar-refractivity contribution in [1.82, 2.24) is 14.8 Å². The van der Waals surface area contributed by atoms with Gasteiger partial charge in [0.1, 0.15) is 5.75 Å². The Hall–Kier alpha value is -3.03. The summed E-state index contributed by atoms with van der Waals surface area (Å²) in [5, 5.41) is 4.91. The fraction of sp³-hybridized carbons (Fsp3) is 0.235. The molecule has 0 amide bonds. The van der Waals surface area contributed by atoms with Gasteiger partial charge in [0.15, 0.2) is 5.65 Å². The summed E-state index contributed by atoms with van der Waals surface area (Å²) in [4.78, 5) is 16.7. The number of ether oxygens (including phenoxy) is 2. The summed E-state index contributed by atoms with van der Waals surface area (Å²) in [6.45, 7) is -1.10. The zero-order valence-corrected chi connectivity index (χ0v) is 13.8. The van der Waals surface area contributed by atoms with Crippen molar-refractivity contribution in [3.05, 3.63) is 41.6 Å². The van der Waals surface area contributed by atoms with Crippen LogP contribution >= 0.6 is 0 Å². The molecule has 0 bridgehead atoms. The molecule has 3 aromatic rings. The lowest BCUT2D eigenvalue weighted by Crippen LogP contribution is -2.04. The van der Waals surface area contributed by atoms with Crippen LogP contribution in [0.2, 0.25) is 0 Å².